The highest BCUT2D eigenvalue weighted by Gasteiger charge is 2.27. The number of amides is 1. The van der Waals surface area contributed by atoms with Crippen LogP contribution in [0.5, 0.6) is 0 Å². The molecule has 0 aromatic heterocycles. The Morgan fingerprint density at radius 3 is 2.35 bits per heavy atom. The average molecular weight is 314 g/mol. The fourth-order valence-corrected chi connectivity index (χ4v) is 4.01. The molecule has 1 atom stereocenters. The molecular weight excluding hydrogens is 284 g/mol. The lowest BCUT2D eigenvalue weighted by molar-refractivity contribution is 0.0584. The summed E-state index contributed by atoms with van der Waals surface area (Å²) in [5.41, 5.74) is 0.842. The molecule has 2 aliphatic rings. The summed E-state index contributed by atoms with van der Waals surface area (Å²) in [7, 11) is 0. The molecule has 0 radical (unpaired) electrons. The van der Waals surface area contributed by atoms with Gasteiger partial charge in [-0.3, -0.25) is 4.79 Å². The molecule has 23 heavy (non-hydrogen) atoms. The Kier molecular flexibility index (Phi) is 6.09. The van der Waals surface area contributed by atoms with Gasteiger partial charge in [0.05, 0.1) is 0 Å². The molecule has 2 saturated heterocycles. The zero-order valence-electron chi connectivity index (χ0n) is 14.3. The number of piperidine rings is 1. The maximum absolute atomic E-state index is 12.8. The van der Waals surface area contributed by atoms with Gasteiger partial charge in [0, 0.05) is 24.7 Å². The smallest absolute Gasteiger partial charge is 0.254 e. The van der Waals surface area contributed by atoms with Gasteiger partial charge in [-0.25, -0.2) is 0 Å². The van der Waals surface area contributed by atoms with Crippen molar-refractivity contribution in [2.24, 2.45) is 0 Å². The van der Waals surface area contributed by atoms with Crippen LogP contribution < -0.4 is 0 Å². The molecule has 126 valence electrons. The Morgan fingerprint density at radius 1 is 0.913 bits per heavy atom. The molecule has 0 saturated carbocycles. The summed E-state index contributed by atoms with van der Waals surface area (Å²) in [6.07, 6.45) is 10.2. The third kappa shape index (κ3) is 4.57. The maximum atomic E-state index is 12.8. The minimum atomic E-state index is 0.228. The number of benzene rings is 1. The van der Waals surface area contributed by atoms with Crippen molar-refractivity contribution in [3.8, 4) is 0 Å². The molecule has 0 bridgehead atoms. The lowest BCUT2D eigenvalue weighted by atomic mass is 9.98. The Bertz CT molecular complexity index is 480. The number of hydrogen-bond acceptors (Lipinski definition) is 2. The highest BCUT2D eigenvalue weighted by molar-refractivity contribution is 5.94. The summed E-state index contributed by atoms with van der Waals surface area (Å²) in [5.74, 6) is 0.228. The van der Waals surface area contributed by atoms with E-state index < -0.39 is 0 Å². The fourth-order valence-electron chi connectivity index (χ4n) is 4.01. The van der Waals surface area contributed by atoms with E-state index in [-0.39, 0.29) is 5.91 Å². The van der Waals surface area contributed by atoms with E-state index in [2.05, 4.69) is 9.80 Å². The van der Waals surface area contributed by atoms with Crippen LogP contribution in [-0.2, 0) is 0 Å². The molecule has 3 rings (SSSR count). The predicted octanol–water partition coefficient (Wildman–Crippen LogP) is 3.95. The van der Waals surface area contributed by atoms with Gasteiger partial charge in [0.1, 0.15) is 0 Å². The summed E-state index contributed by atoms with van der Waals surface area (Å²) in [6, 6.07) is 10.2. The zero-order chi connectivity index (χ0) is 15.9. The van der Waals surface area contributed by atoms with E-state index in [0.29, 0.717) is 6.04 Å². The van der Waals surface area contributed by atoms with Crippen LogP contribution in [0.15, 0.2) is 30.3 Å². The van der Waals surface area contributed by atoms with E-state index in [1.54, 1.807) is 0 Å². The first-order chi connectivity index (χ1) is 11.3. The topological polar surface area (TPSA) is 23.6 Å². The lowest BCUT2D eigenvalue weighted by Gasteiger charge is -2.37. The second kappa shape index (κ2) is 8.49. The average Bonchev–Trinajstić information content (AvgIpc) is 2.89. The van der Waals surface area contributed by atoms with Gasteiger partial charge in [-0.15, -0.1) is 0 Å². The van der Waals surface area contributed by atoms with Gasteiger partial charge in [-0.05, 0) is 63.7 Å². The van der Waals surface area contributed by atoms with Gasteiger partial charge in [0.25, 0.3) is 5.91 Å². The Labute approximate surface area is 140 Å². The molecule has 1 aromatic carbocycles. The second-order valence-corrected chi connectivity index (χ2v) is 7.06. The van der Waals surface area contributed by atoms with E-state index in [9.17, 15) is 4.79 Å². The van der Waals surface area contributed by atoms with Crippen molar-refractivity contribution >= 4 is 5.91 Å². The minimum absolute atomic E-state index is 0.228. The number of nitrogens with zero attached hydrogens (tertiary/aromatic N) is 2. The largest absolute Gasteiger partial charge is 0.336 e. The summed E-state index contributed by atoms with van der Waals surface area (Å²) in [6.45, 7) is 4.58. The third-order valence-corrected chi connectivity index (χ3v) is 5.39. The SMILES string of the molecule is O=C(c1ccccc1)N1CCCCC1CCN1CCCCCC1. The summed E-state index contributed by atoms with van der Waals surface area (Å²) in [5, 5.41) is 0. The van der Waals surface area contributed by atoms with Crippen LogP contribution in [0.4, 0.5) is 0 Å². The van der Waals surface area contributed by atoms with Crippen LogP contribution in [0.1, 0.15) is 61.7 Å². The quantitative estimate of drug-likeness (QED) is 0.840. The maximum Gasteiger partial charge on any atom is 0.254 e. The van der Waals surface area contributed by atoms with Crippen molar-refractivity contribution < 1.29 is 4.79 Å². The molecule has 2 aliphatic heterocycles. The summed E-state index contributed by atoms with van der Waals surface area (Å²) >= 11 is 0. The highest BCUT2D eigenvalue weighted by atomic mass is 16.2. The molecule has 2 fully saturated rings. The van der Waals surface area contributed by atoms with Crippen LogP contribution in [0.25, 0.3) is 0 Å². The molecule has 0 aliphatic carbocycles. The van der Waals surface area contributed by atoms with Crippen molar-refractivity contribution in [2.75, 3.05) is 26.2 Å². The van der Waals surface area contributed by atoms with E-state index in [0.717, 1.165) is 31.5 Å². The molecule has 3 nitrogen and oxygen atoms in total. The van der Waals surface area contributed by atoms with Crippen LogP contribution in [0, 0.1) is 0 Å². The van der Waals surface area contributed by atoms with E-state index in [1.165, 1.54) is 51.6 Å². The molecule has 0 N–H and O–H groups in total. The van der Waals surface area contributed by atoms with E-state index in [1.807, 2.05) is 30.3 Å². The van der Waals surface area contributed by atoms with Crippen LogP contribution in [0.3, 0.4) is 0 Å². The van der Waals surface area contributed by atoms with Crippen molar-refractivity contribution in [3.63, 3.8) is 0 Å². The standard InChI is InChI=1S/C20H30N2O/c23-20(18-10-4-3-5-11-18)22-16-9-6-12-19(22)13-17-21-14-7-1-2-8-15-21/h3-5,10-11,19H,1-2,6-9,12-17H2. The van der Waals surface area contributed by atoms with Crippen LogP contribution in [-0.4, -0.2) is 47.9 Å². The first-order valence-corrected chi connectivity index (χ1v) is 9.43. The van der Waals surface area contributed by atoms with Crippen molar-refractivity contribution in [1.82, 2.24) is 9.80 Å². The number of carbonyl (C=O) groups is 1. The third-order valence-electron chi connectivity index (χ3n) is 5.39. The van der Waals surface area contributed by atoms with Crippen LogP contribution >= 0.6 is 0 Å². The molecule has 1 unspecified atom stereocenters. The minimum Gasteiger partial charge on any atom is -0.336 e. The molecule has 0 spiro atoms. The van der Waals surface area contributed by atoms with Gasteiger partial charge in [0.15, 0.2) is 0 Å². The zero-order valence-corrected chi connectivity index (χ0v) is 14.3. The molecular formula is C20H30N2O. The highest BCUT2D eigenvalue weighted by Crippen LogP contribution is 2.23. The van der Waals surface area contributed by atoms with Gasteiger partial charge in [-0.1, -0.05) is 31.0 Å². The van der Waals surface area contributed by atoms with Gasteiger partial charge < -0.3 is 9.80 Å². The van der Waals surface area contributed by atoms with Crippen molar-refractivity contribution in [2.45, 2.75) is 57.4 Å². The van der Waals surface area contributed by atoms with Gasteiger partial charge in [0.2, 0.25) is 0 Å². The first kappa shape index (κ1) is 16.5. The number of rotatable bonds is 4. The van der Waals surface area contributed by atoms with Crippen molar-refractivity contribution in [1.29, 1.82) is 0 Å². The normalized spacial score (nSPS) is 23.5. The lowest BCUT2D eigenvalue weighted by Crippen LogP contribution is -2.45. The van der Waals surface area contributed by atoms with Crippen LogP contribution in [0.2, 0.25) is 0 Å². The van der Waals surface area contributed by atoms with E-state index in [4.69, 9.17) is 0 Å². The van der Waals surface area contributed by atoms with Crippen molar-refractivity contribution in [3.05, 3.63) is 35.9 Å². The Balaban J connectivity index is 1.58. The number of likely N-dealkylation sites (tertiary alicyclic amines) is 2. The van der Waals surface area contributed by atoms with Gasteiger partial charge in [-0.2, -0.15) is 0 Å². The fraction of sp³-hybridized carbons (Fsp3) is 0.650. The van der Waals surface area contributed by atoms with Gasteiger partial charge >= 0.3 is 0 Å². The summed E-state index contributed by atoms with van der Waals surface area (Å²) < 4.78 is 0. The monoisotopic (exact) mass is 314 g/mol. The van der Waals surface area contributed by atoms with E-state index >= 15 is 0 Å². The second-order valence-electron chi connectivity index (χ2n) is 7.06. The number of hydrogen-bond donors (Lipinski definition) is 0. The number of carbonyl (C=O) groups excluding carboxylic acids is 1. The molecule has 1 aromatic rings. The Hall–Kier alpha value is -1.35. The Morgan fingerprint density at radius 2 is 1.61 bits per heavy atom. The molecule has 2 heterocycles. The summed E-state index contributed by atoms with van der Waals surface area (Å²) in [4.78, 5) is 17.6. The first-order valence-electron chi connectivity index (χ1n) is 9.43. The predicted molar refractivity (Wildman–Crippen MR) is 94.6 cm³/mol. The molecule has 3 heteroatoms. The molecule has 1 amide bonds.